The zero-order valence-electron chi connectivity index (χ0n) is 10.4. The second-order valence-corrected chi connectivity index (χ2v) is 4.97. The number of aliphatic hydroxyl groups is 1. The van der Waals surface area contributed by atoms with Crippen molar-refractivity contribution in [2.75, 3.05) is 0 Å². The fourth-order valence-electron chi connectivity index (χ4n) is 2.39. The maximum absolute atomic E-state index is 10.1. The summed E-state index contributed by atoms with van der Waals surface area (Å²) < 4.78 is 0. The van der Waals surface area contributed by atoms with Gasteiger partial charge in [0.05, 0.1) is 6.10 Å². The smallest absolute Gasteiger partial charge is 0.0802 e. The van der Waals surface area contributed by atoms with Gasteiger partial charge in [-0.05, 0) is 42.2 Å². The van der Waals surface area contributed by atoms with E-state index in [1.807, 2.05) is 49.4 Å². The van der Waals surface area contributed by atoms with Crippen LogP contribution in [0.15, 0.2) is 54.7 Å². The summed E-state index contributed by atoms with van der Waals surface area (Å²) in [4.78, 5) is 0. The van der Waals surface area contributed by atoms with Gasteiger partial charge < -0.3 is 5.11 Å². The van der Waals surface area contributed by atoms with E-state index in [4.69, 9.17) is 11.6 Å². The second kappa shape index (κ2) is 5.55. The molecule has 0 spiro atoms. The monoisotopic (exact) mass is 260 g/mol. The van der Waals surface area contributed by atoms with Crippen LogP contribution in [0.4, 0.5) is 0 Å². The Labute approximate surface area is 113 Å². The van der Waals surface area contributed by atoms with Crippen LogP contribution in [0.3, 0.4) is 0 Å². The molecule has 0 fully saturated rings. The van der Waals surface area contributed by atoms with Gasteiger partial charge in [0.15, 0.2) is 0 Å². The van der Waals surface area contributed by atoms with Gasteiger partial charge in [-0.3, -0.25) is 0 Å². The molecule has 94 valence electrons. The number of fused-ring (bicyclic) bond motifs is 1. The highest BCUT2D eigenvalue weighted by Crippen LogP contribution is 2.44. The lowest BCUT2D eigenvalue weighted by molar-refractivity contribution is 0.176. The van der Waals surface area contributed by atoms with Crippen LogP contribution in [0.1, 0.15) is 36.5 Å². The van der Waals surface area contributed by atoms with Crippen molar-refractivity contribution < 1.29 is 5.11 Å². The van der Waals surface area contributed by atoms with Crippen LogP contribution in [0, 0.1) is 0 Å². The third kappa shape index (κ3) is 2.58. The van der Waals surface area contributed by atoms with Crippen LogP contribution < -0.4 is 0 Å². The van der Waals surface area contributed by atoms with Gasteiger partial charge in [0, 0.05) is 10.9 Å². The SMILES string of the molecule is C=C(/C=C\C=C/C)[C@@H]1C[C@H](O)c2cc(Cl)ccc21. The molecule has 2 heteroatoms. The normalized spacial score (nSPS) is 22.8. The Hall–Kier alpha value is -1.31. The minimum absolute atomic E-state index is 0.189. The molecule has 0 unspecified atom stereocenters. The van der Waals surface area contributed by atoms with E-state index < -0.39 is 6.10 Å². The highest BCUT2D eigenvalue weighted by molar-refractivity contribution is 6.30. The molecule has 1 N–H and O–H groups in total. The first-order chi connectivity index (χ1) is 8.63. The number of allylic oxidation sites excluding steroid dienone is 5. The van der Waals surface area contributed by atoms with Crippen LogP contribution >= 0.6 is 11.6 Å². The largest absolute Gasteiger partial charge is 0.388 e. The summed E-state index contributed by atoms with van der Waals surface area (Å²) in [6.45, 7) is 6.08. The summed E-state index contributed by atoms with van der Waals surface area (Å²) in [6.07, 6.45) is 8.18. The van der Waals surface area contributed by atoms with Crippen molar-refractivity contribution in [1.29, 1.82) is 0 Å². The maximum Gasteiger partial charge on any atom is 0.0802 e. The standard InChI is InChI=1S/C16H17ClO/c1-3-4-5-6-11(2)14-10-16(18)15-9-12(17)7-8-13(14)15/h3-9,14,16,18H,2,10H2,1H3/b4-3-,6-5-/t14-,16-/m0/s1. The summed E-state index contributed by atoms with van der Waals surface area (Å²) in [5.74, 6) is 0.189. The van der Waals surface area contributed by atoms with E-state index >= 15 is 0 Å². The Bertz CT molecular complexity index is 514. The van der Waals surface area contributed by atoms with Gasteiger partial charge in [-0.25, -0.2) is 0 Å². The van der Waals surface area contributed by atoms with Gasteiger partial charge in [0.2, 0.25) is 0 Å². The molecule has 1 aromatic carbocycles. The summed E-state index contributed by atoms with van der Waals surface area (Å²) in [5, 5.41) is 10.7. The summed E-state index contributed by atoms with van der Waals surface area (Å²) in [7, 11) is 0. The predicted octanol–water partition coefficient (Wildman–Crippen LogP) is 4.55. The first kappa shape index (κ1) is 13.1. The molecule has 0 bridgehead atoms. The third-order valence-corrected chi connectivity index (χ3v) is 3.54. The lowest BCUT2D eigenvalue weighted by Gasteiger charge is -2.11. The van der Waals surface area contributed by atoms with Crippen molar-refractivity contribution in [3.63, 3.8) is 0 Å². The number of benzene rings is 1. The molecular weight excluding hydrogens is 244 g/mol. The predicted molar refractivity (Wildman–Crippen MR) is 76.9 cm³/mol. The van der Waals surface area contributed by atoms with Crippen molar-refractivity contribution in [2.45, 2.75) is 25.4 Å². The van der Waals surface area contributed by atoms with E-state index in [2.05, 4.69) is 6.58 Å². The van der Waals surface area contributed by atoms with E-state index in [1.54, 1.807) is 0 Å². The van der Waals surface area contributed by atoms with E-state index in [0.717, 1.165) is 16.7 Å². The third-order valence-electron chi connectivity index (χ3n) is 3.30. The average molecular weight is 261 g/mol. The first-order valence-electron chi connectivity index (χ1n) is 6.09. The zero-order chi connectivity index (χ0) is 13.1. The number of rotatable bonds is 3. The minimum atomic E-state index is -0.435. The van der Waals surface area contributed by atoms with Gasteiger partial charge in [0.25, 0.3) is 0 Å². The number of hydrogen-bond donors (Lipinski definition) is 1. The maximum atomic E-state index is 10.1. The van der Waals surface area contributed by atoms with E-state index in [0.29, 0.717) is 11.4 Å². The molecule has 2 rings (SSSR count). The molecule has 0 saturated heterocycles. The Balaban J connectivity index is 2.26. The van der Waals surface area contributed by atoms with Crippen LogP contribution in [0.2, 0.25) is 5.02 Å². The molecule has 1 aromatic rings. The highest BCUT2D eigenvalue weighted by Gasteiger charge is 2.30. The first-order valence-corrected chi connectivity index (χ1v) is 6.47. The lowest BCUT2D eigenvalue weighted by atomic mass is 9.93. The summed E-state index contributed by atoms with van der Waals surface area (Å²) in [6, 6.07) is 5.71. The van der Waals surface area contributed by atoms with Crippen LogP contribution in [-0.2, 0) is 0 Å². The molecule has 0 amide bonds. The van der Waals surface area contributed by atoms with Crippen molar-refractivity contribution in [1.82, 2.24) is 0 Å². The molecule has 0 radical (unpaired) electrons. The van der Waals surface area contributed by atoms with Gasteiger partial charge in [-0.15, -0.1) is 0 Å². The van der Waals surface area contributed by atoms with Crippen molar-refractivity contribution in [3.8, 4) is 0 Å². The molecule has 0 saturated carbocycles. The lowest BCUT2D eigenvalue weighted by Crippen LogP contribution is -1.95. The topological polar surface area (TPSA) is 20.2 Å². The fraction of sp³-hybridized carbons (Fsp3) is 0.250. The molecule has 1 aliphatic rings. The van der Waals surface area contributed by atoms with Crippen LogP contribution in [0.5, 0.6) is 0 Å². The molecule has 1 nitrogen and oxygen atoms in total. The van der Waals surface area contributed by atoms with Crippen LogP contribution in [0.25, 0.3) is 0 Å². The van der Waals surface area contributed by atoms with E-state index in [-0.39, 0.29) is 5.92 Å². The second-order valence-electron chi connectivity index (χ2n) is 4.54. The van der Waals surface area contributed by atoms with E-state index in [1.165, 1.54) is 0 Å². The quantitative estimate of drug-likeness (QED) is 0.791. The Morgan fingerprint density at radius 1 is 1.39 bits per heavy atom. The highest BCUT2D eigenvalue weighted by atomic mass is 35.5. The fourth-order valence-corrected chi connectivity index (χ4v) is 2.57. The van der Waals surface area contributed by atoms with Gasteiger partial charge in [-0.1, -0.05) is 48.6 Å². The van der Waals surface area contributed by atoms with Gasteiger partial charge in [0.1, 0.15) is 0 Å². The van der Waals surface area contributed by atoms with Gasteiger partial charge >= 0.3 is 0 Å². The van der Waals surface area contributed by atoms with Crippen molar-refractivity contribution in [3.05, 3.63) is 70.8 Å². The zero-order valence-corrected chi connectivity index (χ0v) is 11.2. The summed E-state index contributed by atoms with van der Waals surface area (Å²) >= 11 is 5.96. The Morgan fingerprint density at radius 3 is 2.89 bits per heavy atom. The molecule has 1 aliphatic carbocycles. The number of hydrogen-bond acceptors (Lipinski definition) is 1. The molecule has 2 atom stereocenters. The van der Waals surface area contributed by atoms with E-state index in [9.17, 15) is 5.11 Å². The molecule has 0 aliphatic heterocycles. The molecule has 0 aromatic heterocycles. The molecule has 0 heterocycles. The Kier molecular flexibility index (Phi) is 4.05. The summed E-state index contributed by atoms with van der Waals surface area (Å²) in [5.41, 5.74) is 3.10. The minimum Gasteiger partial charge on any atom is -0.388 e. The van der Waals surface area contributed by atoms with Gasteiger partial charge in [-0.2, -0.15) is 0 Å². The number of halogens is 1. The van der Waals surface area contributed by atoms with Crippen molar-refractivity contribution in [2.24, 2.45) is 0 Å². The van der Waals surface area contributed by atoms with Crippen molar-refractivity contribution >= 4 is 11.6 Å². The average Bonchev–Trinajstić information content (AvgIpc) is 2.67. The number of aliphatic hydroxyl groups excluding tert-OH is 1. The Morgan fingerprint density at radius 2 is 2.17 bits per heavy atom. The molecular formula is C16H17ClO. The molecule has 18 heavy (non-hydrogen) atoms. The van der Waals surface area contributed by atoms with Crippen LogP contribution in [-0.4, -0.2) is 5.11 Å².